The lowest BCUT2D eigenvalue weighted by atomic mass is 10.1. The molecule has 1 aliphatic heterocycles. The maximum absolute atomic E-state index is 12.5. The summed E-state index contributed by atoms with van der Waals surface area (Å²) >= 11 is 0. The number of amides is 1. The van der Waals surface area contributed by atoms with E-state index in [1.54, 1.807) is 0 Å². The van der Waals surface area contributed by atoms with Crippen molar-refractivity contribution in [2.45, 2.75) is 25.3 Å². The Bertz CT molecular complexity index is 1350. The fraction of sp³-hybridized carbons (Fsp3) is 0.333. The fourth-order valence-electron chi connectivity index (χ4n) is 4.36. The van der Waals surface area contributed by atoms with Crippen LogP contribution in [-0.2, 0) is 4.79 Å². The van der Waals surface area contributed by atoms with Crippen LogP contribution in [0.1, 0.15) is 18.7 Å². The van der Waals surface area contributed by atoms with E-state index in [2.05, 4.69) is 20.9 Å². The van der Waals surface area contributed by atoms with Crippen molar-refractivity contribution in [1.29, 1.82) is 0 Å². The van der Waals surface area contributed by atoms with Crippen molar-refractivity contribution in [1.82, 2.24) is 19.9 Å². The minimum atomic E-state index is -0.597. The largest absolute Gasteiger partial charge is 0.441 e. The third-order valence-corrected chi connectivity index (χ3v) is 6.46. The molecule has 0 spiro atoms. The normalized spacial score (nSPS) is 17.8. The lowest BCUT2D eigenvalue weighted by Crippen LogP contribution is -2.54. The fourth-order valence-corrected chi connectivity index (χ4v) is 4.36. The molecular formula is C24H24N6O2. The van der Waals surface area contributed by atoms with Crippen molar-refractivity contribution in [3.8, 4) is 11.3 Å². The molecule has 1 aliphatic carbocycles. The smallest absolute Gasteiger partial charge is 0.242 e. The number of pyridine rings is 2. The minimum absolute atomic E-state index is 0.0966. The second-order valence-corrected chi connectivity index (χ2v) is 8.78. The molecule has 2 fully saturated rings. The standard InChI is InChI=1S/C24H24N6O2/c1-15-27-21-12-16(2-5-22(21)32-15)18-3-4-19-20(28-18)13-17(14-26-19)29-8-10-30(11-9-29)23(31)24(25)6-7-24/h2-5,12-14H,6-11,25H2,1H3. The zero-order valence-corrected chi connectivity index (χ0v) is 17.9. The molecule has 8 nitrogen and oxygen atoms in total. The molecule has 2 N–H and O–H groups in total. The second kappa shape index (κ2) is 7.00. The molecule has 1 saturated heterocycles. The number of aromatic nitrogens is 3. The van der Waals surface area contributed by atoms with E-state index in [1.165, 1.54) is 0 Å². The molecule has 6 rings (SSSR count). The van der Waals surface area contributed by atoms with E-state index in [4.69, 9.17) is 15.1 Å². The van der Waals surface area contributed by atoms with Crippen LogP contribution in [0.5, 0.6) is 0 Å². The topological polar surface area (TPSA) is 101 Å². The number of aryl methyl sites for hydroxylation is 1. The zero-order chi connectivity index (χ0) is 21.9. The number of carbonyl (C=O) groups is 1. The van der Waals surface area contributed by atoms with Gasteiger partial charge in [0.1, 0.15) is 5.52 Å². The predicted molar refractivity (Wildman–Crippen MR) is 122 cm³/mol. The molecular weight excluding hydrogens is 404 g/mol. The highest BCUT2D eigenvalue weighted by atomic mass is 16.3. The summed E-state index contributed by atoms with van der Waals surface area (Å²) in [6.07, 6.45) is 3.49. The van der Waals surface area contributed by atoms with Crippen LogP contribution in [-0.4, -0.2) is 57.5 Å². The van der Waals surface area contributed by atoms with E-state index < -0.39 is 5.54 Å². The summed E-state index contributed by atoms with van der Waals surface area (Å²) in [5, 5.41) is 0. The predicted octanol–water partition coefficient (Wildman–Crippen LogP) is 2.89. The lowest BCUT2D eigenvalue weighted by Gasteiger charge is -2.37. The molecule has 1 saturated carbocycles. The SMILES string of the molecule is Cc1nc2cc(-c3ccc4ncc(N5CCN(C(=O)C6(N)CC6)CC5)cc4n3)ccc2o1. The molecule has 1 aromatic carbocycles. The Morgan fingerprint density at radius 1 is 1.00 bits per heavy atom. The van der Waals surface area contributed by atoms with Crippen LogP contribution >= 0.6 is 0 Å². The summed E-state index contributed by atoms with van der Waals surface area (Å²) in [5.74, 6) is 0.748. The number of fused-ring (bicyclic) bond motifs is 2. The van der Waals surface area contributed by atoms with Gasteiger partial charge in [-0.05, 0) is 49.2 Å². The maximum Gasteiger partial charge on any atom is 0.242 e. The lowest BCUT2D eigenvalue weighted by molar-refractivity contribution is -0.133. The van der Waals surface area contributed by atoms with Gasteiger partial charge in [0.2, 0.25) is 5.91 Å². The number of carbonyl (C=O) groups excluding carboxylic acids is 1. The summed E-state index contributed by atoms with van der Waals surface area (Å²) in [4.78, 5) is 30.6. The number of nitrogens with two attached hydrogens (primary N) is 1. The van der Waals surface area contributed by atoms with Crippen LogP contribution in [0.4, 0.5) is 5.69 Å². The van der Waals surface area contributed by atoms with Gasteiger partial charge in [-0.3, -0.25) is 9.78 Å². The number of hydrogen-bond acceptors (Lipinski definition) is 7. The molecule has 0 bridgehead atoms. The van der Waals surface area contributed by atoms with Gasteiger partial charge in [-0.1, -0.05) is 0 Å². The summed E-state index contributed by atoms with van der Waals surface area (Å²) in [6.45, 7) is 4.73. The van der Waals surface area contributed by atoms with Crippen LogP contribution in [0, 0.1) is 6.92 Å². The number of nitrogens with zero attached hydrogens (tertiary/aromatic N) is 5. The quantitative estimate of drug-likeness (QED) is 0.535. The molecule has 4 aromatic rings. The first-order valence-corrected chi connectivity index (χ1v) is 11.0. The Morgan fingerprint density at radius 3 is 2.59 bits per heavy atom. The first-order valence-electron chi connectivity index (χ1n) is 11.0. The van der Waals surface area contributed by atoms with Gasteiger partial charge in [-0.2, -0.15) is 0 Å². The van der Waals surface area contributed by atoms with Gasteiger partial charge in [0.15, 0.2) is 11.5 Å². The van der Waals surface area contributed by atoms with E-state index in [0.717, 1.165) is 65.0 Å². The van der Waals surface area contributed by atoms with Crippen molar-refractivity contribution in [3.63, 3.8) is 0 Å². The summed E-state index contributed by atoms with van der Waals surface area (Å²) < 4.78 is 5.58. The first-order chi connectivity index (χ1) is 15.5. The number of piperazine rings is 1. The van der Waals surface area contributed by atoms with Gasteiger partial charge in [0.25, 0.3) is 0 Å². The molecule has 0 unspecified atom stereocenters. The zero-order valence-electron chi connectivity index (χ0n) is 17.9. The van der Waals surface area contributed by atoms with Crippen molar-refractivity contribution < 1.29 is 9.21 Å². The van der Waals surface area contributed by atoms with Crippen LogP contribution in [0.2, 0.25) is 0 Å². The molecule has 4 heterocycles. The van der Waals surface area contributed by atoms with Gasteiger partial charge < -0.3 is 20.0 Å². The molecule has 0 atom stereocenters. The highest BCUT2D eigenvalue weighted by molar-refractivity contribution is 5.89. The third kappa shape index (κ3) is 3.27. The van der Waals surface area contributed by atoms with Gasteiger partial charge in [-0.25, -0.2) is 9.97 Å². The molecule has 32 heavy (non-hydrogen) atoms. The Balaban J connectivity index is 1.25. The van der Waals surface area contributed by atoms with Crippen molar-refractivity contribution in [3.05, 3.63) is 48.5 Å². The Hall–Kier alpha value is -3.52. The number of hydrogen-bond donors (Lipinski definition) is 1. The van der Waals surface area contributed by atoms with E-state index >= 15 is 0 Å². The Morgan fingerprint density at radius 2 is 1.81 bits per heavy atom. The first kappa shape index (κ1) is 19.2. The van der Waals surface area contributed by atoms with Gasteiger partial charge >= 0.3 is 0 Å². The van der Waals surface area contributed by atoms with Crippen molar-refractivity contribution in [2.24, 2.45) is 5.73 Å². The minimum Gasteiger partial charge on any atom is -0.441 e. The highest BCUT2D eigenvalue weighted by Crippen LogP contribution is 2.34. The van der Waals surface area contributed by atoms with Crippen LogP contribution < -0.4 is 10.6 Å². The maximum atomic E-state index is 12.5. The van der Waals surface area contributed by atoms with E-state index in [9.17, 15) is 4.79 Å². The average Bonchev–Trinajstić information content (AvgIpc) is 3.46. The summed E-state index contributed by atoms with van der Waals surface area (Å²) in [7, 11) is 0. The molecule has 0 radical (unpaired) electrons. The molecule has 2 aliphatic rings. The molecule has 8 heteroatoms. The number of rotatable bonds is 3. The van der Waals surface area contributed by atoms with Gasteiger partial charge in [-0.15, -0.1) is 0 Å². The third-order valence-electron chi connectivity index (χ3n) is 6.46. The molecule has 1 amide bonds. The average molecular weight is 428 g/mol. The second-order valence-electron chi connectivity index (χ2n) is 8.78. The number of anilines is 1. The van der Waals surface area contributed by atoms with Gasteiger partial charge in [0.05, 0.1) is 34.2 Å². The Kier molecular flexibility index (Phi) is 4.19. The summed E-state index contributed by atoms with van der Waals surface area (Å²) in [6, 6.07) is 12.0. The van der Waals surface area contributed by atoms with Crippen molar-refractivity contribution >= 4 is 33.7 Å². The summed E-state index contributed by atoms with van der Waals surface area (Å²) in [5.41, 5.74) is 11.7. The van der Waals surface area contributed by atoms with E-state index in [-0.39, 0.29) is 5.91 Å². The van der Waals surface area contributed by atoms with E-state index in [0.29, 0.717) is 19.0 Å². The number of oxazole rings is 1. The monoisotopic (exact) mass is 428 g/mol. The molecule has 3 aromatic heterocycles. The van der Waals surface area contributed by atoms with Crippen LogP contribution in [0.15, 0.2) is 47.0 Å². The Labute approximate surface area is 185 Å². The van der Waals surface area contributed by atoms with E-state index in [1.807, 2.05) is 48.4 Å². The molecule has 162 valence electrons. The number of benzene rings is 1. The van der Waals surface area contributed by atoms with Crippen LogP contribution in [0.25, 0.3) is 33.4 Å². The van der Waals surface area contributed by atoms with Crippen molar-refractivity contribution in [2.75, 3.05) is 31.1 Å². The van der Waals surface area contributed by atoms with Crippen LogP contribution in [0.3, 0.4) is 0 Å². The highest BCUT2D eigenvalue weighted by Gasteiger charge is 2.48. The van der Waals surface area contributed by atoms with Gasteiger partial charge in [0, 0.05) is 38.7 Å².